The number of halogens is 1. The quantitative estimate of drug-likeness (QED) is 0.679. The molecule has 3 amide bonds. The highest BCUT2D eigenvalue weighted by molar-refractivity contribution is 6.05. The van der Waals surface area contributed by atoms with Gasteiger partial charge in [0.15, 0.2) is 0 Å². The van der Waals surface area contributed by atoms with Gasteiger partial charge in [0.2, 0.25) is 11.8 Å². The molecular weight excluding hydrogens is 413 g/mol. The van der Waals surface area contributed by atoms with Crippen LogP contribution in [-0.4, -0.2) is 58.3 Å². The zero-order valence-corrected chi connectivity index (χ0v) is 19.0. The number of likely N-dealkylation sites (tertiary alicyclic amines) is 1. The van der Waals surface area contributed by atoms with Crippen molar-refractivity contribution in [3.63, 3.8) is 0 Å². The Morgan fingerprint density at radius 1 is 1.19 bits per heavy atom. The Kier molecular flexibility index (Phi) is 5.88. The summed E-state index contributed by atoms with van der Waals surface area (Å²) in [5.74, 6) is -1.85. The third-order valence-corrected chi connectivity index (χ3v) is 8.09. The van der Waals surface area contributed by atoms with Crippen LogP contribution in [0.1, 0.15) is 74.4 Å². The van der Waals surface area contributed by atoms with Crippen LogP contribution in [-0.2, 0) is 21.7 Å². The van der Waals surface area contributed by atoms with Crippen molar-refractivity contribution in [3.8, 4) is 0 Å². The molecule has 2 fully saturated rings. The average Bonchev–Trinajstić information content (AvgIpc) is 3.11. The third kappa shape index (κ3) is 3.27. The third-order valence-electron chi connectivity index (χ3n) is 8.09. The van der Waals surface area contributed by atoms with Gasteiger partial charge in [-0.1, -0.05) is 26.8 Å². The summed E-state index contributed by atoms with van der Waals surface area (Å²) in [6.07, 6.45) is 2.20. The molecule has 1 aromatic carbocycles. The van der Waals surface area contributed by atoms with E-state index in [0.29, 0.717) is 32.4 Å². The number of piperidine rings is 2. The highest BCUT2D eigenvalue weighted by atomic mass is 19.1. The largest absolute Gasteiger partial charge is 0.384 e. The van der Waals surface area contributed by atoms with Crippen LogP contribution >= 0.6 is 0 Å². The van der Waals surface area contributed by atoms with Gasteiger partial charge in [-0.05, 0) is 38.3 Å². The van der Waals surface area contributed by atoms with E-state index in [4.69, 9.17) is 0 Å². The molecule has 3 aliphatic heterocycles. The Balaban J connectivity index is 1.71. The fraction of sp³-hybridized carbons (Fsp3) is 0.625. The maximum absolute atomic E-state index is 16.0. The molecule has 0 saturated carbocycles. The minimum Gasteiger partial charge on any atom is -0.384 e. The van der Waals surface area contributed by atoms with Crippen LogP contribution in [0, 0.1) is 11.2 Å². The van der Waals surface area contributed by atoms with Gasteiger partial charge in [-0.25, -0.2) is 4.39 Å². The lowest BCUT2D eigenvalue weighted by Gasteiger charge is -2.54. The molecule has 3 heterocycles. The molecule has 3 aliphatic rings. The molecule has 0 spiro atoms. The number of carbonyl (C=O) groups excluding carboxylic acids is 3. The number of amides is 3. The van der Waals surface area contributed by atoms with Crippen LogP contribution in [0.15, 0.2) is 12.1 Å². The maximum atomic E-state index is 16.0. The van der Waals surface area contributed by atoms with Crippen molar-refractivity contribution in [3.05, 3.63) is 34.6 Å². The Bertz CT molecular complexity index is 961. The first kappa shape index (κ1) is 22.9. The zero-order chi connectivity index (χ0) is 23.3. The first-order valence-electron chi connectivity index (χ1n) is 11.6. The molecule has 2 saturated heterocycles. The van der Waals surface area contributed by atoms with Crippen molar-refractivity contribution in [1.82, 2.24) is 15.1 Å². The van der Waals surface area contributed by atoms with E-state index < -0.39 is 34.7 Å². The minimum absolute atomic E-state index is 0.0392. The predicted octanol–water partition coefficient (Wildman–Crippen LogP) is 2.31. The SMILES string of the molecule is CCN1CC[C@](O)(c2ccc3c(c2F)CN(C2CCC(=O)NC2=O)C3=O)C(CC)(CC)C1. The maximum Gasteiger partial charge on any atom is 0.255 e. The Hall–Kier alpha value is -2.32. The van der Waals surface area contributed by atoms with Crippen LogP contribution in [0.4, 0.5) is 4.39 Å². The van der Waals surface area contributed by atoms with Crippen LogP contribution in [0.2, 0.25) is 0 Å². The summed E-state index contributed by atoms with van der Waals surface area (Å²) >= 11 is 0. The molecule has 0 bridgehead atoms. The molecule has 0 aliphatic carbocycles. The lowest BCUT2D eigenvalue weighted by molar-refractivity contribution is -0.148. The number of imide groups is 1. The second kappa shape index (κ2) is 8.23. The number of hydrogen-bond donors (Lipinski definition) is 2. The summed E-state index contributed by atoms with van der Waals surface area (Å²) in [5, 5.41) is 14.2. The van der Waals surface area contributed by atoms with Crippen molar-refractivity contribution in [1.29, 1.82) is 0 Å². The lowest BCUT2D eigenvalue weighted by Crippen LogP contribution is -2.58. The van der Waals surface area contributed by atoms with Crippen molar-refractivity contribution >= 4 is 17.7 Å². The molecule has 7 nitrogen and oxygen atoms in total. The normalized spacial score (nSPS) is 28.1. The summed E-state index contributed by atoms with van der Waals surface area (Å²) in [6.45, 7) is 8.35. The first-order chi connectivity index (χ1) is 15.2. The van der Waals surface area contributed by atoms with Crippen LogP contribution in [0.5, 0.6) is 0 Å². The number of nitrogens with zero attached hydrogens (tertiary/aromatic N) is 2. The second-order valence-electron chi connectivity index (χ2n) is 9.32. The van der Waals surface area contributed by atoms with E-state index in [1.807, 2.05) is 13.8 Å². The number of rotatable bonds is 5. The monoisotopic (exact) mass is 445 g/mol. The Labute approximate surface area is 187 Å². The fourth-order valence-corrected chi connectivity index (χ4v) is 5.90. The summed E-state index contributed by atoms with van der Waals surface area (Å²) < 4.78 is 16.0. The van der Waals surface area contributed by atoms with E-state index in [-0.39, 0.29) is 42.0 Å². The van der Waals surface area contributed by atoms with Crippen molar-refractivity contribution in [2.75, 3.05) is 19.6 Å². The first-order valence-corrected chi connectivity index (χ1v) is 11.6. The van der Waals surface area contributed by atoms with Crippen molar-refractivity contribution in [2.45, 2.75) is 71.1 Å². The van der Waals surface area contributed by atoms with Gasteiger partial charge in [0.05, 0.1) is 6.54 Å². The molecule has 2 atom stereocenters. The van der Waals surface area contributed by atoms with Crippen LogP contribution in [0.25, 0.3) is 0 Å². The average molecular weight is 446 g/mol. The summed E-state index contributed by atoms with van der Waals surface area (Å²) in [6, 6.07) is 2.35. The van der Waals surface area contributed by atoms with Gasteiger partial charge in [-0.3, -0.25) is 19.7 Å². The Morgan fingerprint density at radius 3 is 2.53 bits per heavy atom. The van der Waals surface area contributed by atoms with E-state index in [1.54, 1.807) is 12.1 Å². The number of benzene rings is 1. The smallest absolute Gasteiger partial charge is 0.255 e. The van der Waals surface area contributed by atoms with Crippen molar-refractivity contribution < 1.29 is 23.9 Å². The van der Waals surface area contributed by atoms with Gasteiger partial charge in [-0.2, -0.15) is 0 Å². The number of hydrogen-bond acceptors (Lipinski definition) is 5. The van der Waals surface area contributed by atoms with Crippen molar-refractivity contribution in [2.24, 2.45) is 5.41 Å². The van der Waals surface area contributed by atoms with Gasteiger partial charge in [0.25, 0.3) is 5.91 Å². The Morgan fingerprint density at radius 2 is 1.91 bits per heavy atom. The van der Waals surface area contributed by atoms with E-state index in [9.17, 15) is 19.5 Å². The summed E-state index contributed by atoms with van der Waals surface area (Å²) in [4.78, 5) is 40.4. The topological polar surface area (TPSA) is 89.9 Å². The lowest BCUT2D eigenvalue weighted by atomic mass is 9.61. The van der Waals surface area contributed by atoms with E-state index in [2.05, 4.69) is 17.1 Å². The van der Waals surface area contributed by atoms with Gasteiger partial charge >= 0.3 is 0 Å². The zero-order valence-electron chi connectivity index (χ0n) is 19.0. The van der Waals surface area contributed by atoms with Gasteiger partial charge < -0.3 is 14.9 Å². The molecule has 174 valence electrons. The van der Waals surface area contributed by atoms with Gasteiger partial charge in [-0.15, -0.1) is 0 Å². The molecule has 0 aromatic heterocycles. The number of nitrogens with one attached hydrogen (secondary N) is 1. The number of aliphatic hydroxyl groups is 1. The number of fused-ring (bicyclic) bond motifs is 1. The highest BCUT2D eigenvalue weighted by Gasteiger charge is 2.54. The van der Waals surface area contributed by atoms with E-state index in [1.165, 1.54) is 4.90 Å². The second-order valence-corrected chi connectivity index (χ2v) is 9.32. The van der Waals surface area contributed by atoms with Gasteiger partial charge in [0, 0.05) is 41.6 Å². The number of carbonyl (C=O) groups is 3. The molecule has 0 radical (unpaired) electrons. The molecule has 2 N–H and O–H groups in total. The van der Waals surface area contributed by atoms with E-state index >= 15 is 4.39 Å². The molecule has 8 heteroatoms. The molecule has 1 unspecified atom stereocenters. The molecule has 4 rings (SSSR count). The van der Waals surface area contributed by atoms with Crippen LogP contribution in [0.3, 0.4) is 0 Å². The summed E-state index contributed by atoms with van der Waals surface area (Å²) in [5.41, 5.74) is -1.14. The molecule has 1 aromatic rings. The molecular formula is C24H32FN3O4. The van der Waals surface area contributed by atoms with Gasteiger partial charge in [0.1, 0.15) is 17.5 Å². The summed E-state index contributed by atoms with van der Waals surface area (Å²) in [7, 11) is 0. The minimum atomic E-state index is -1.34. The predicted molar refractivity (Wildman–Crippen MR) is 116 cm³/mol. The fourth-order valence-electron chi connectivity index (χ4n) is 5.90. The van der Waals surface area contributed by atoms with Crippen LogP contribution < -0.4 is 5.32 Å². The standard InChI is InChI=1S/C24H32FN3O4/c1-4-23(5-2)14-27(6-3)12-11-24(23,32)17-8-7-15-16(20(17)25)13-28(22(15)31)18-9-10-19(29)26-21(18)30/h7-8,18,32H,4-6,9-14H2,1-3H3,(H,26,29,30)/t18?,24-/m0/s1. The highest BCUT2D eigenvalue weighted by Crippen LogP contribution is 2.52. The molecule has 32 heavy (non-hydrogen) atoms. The van der Waals surface area contributed by atoms with E-state index in [0.717, 1.165) is 6.54 Å².